The third-order valence-electron chi connectivity index (χ3n) is 3.51. The summed E-state index contributed by atoms with van der Waals surface area (Å²) in [6.07, 6.45) is 6.22. The molecule has 0 heterocycles. The van der Waals surface area contributed by atoms with Crippen LogP contribution < -0.4 is 0 Å². The van der Waals surface area contributed by atoms with Gasteiger partial charge in [0.1, 0.15) is 23.2 Å². The Bertz CT molecular complexity index is 505. The molecule has 0 aliphatic heterocycles. The third-order valence-corrected chi connectivity index (χ3v) is 3.51. The Labute approximate surface area is 106 Å². The van der Waals surface area contributed by atoms with Crippen molar-refractivity contribution in [1.29, 1.82) is 5.26 Å². The van der Waals surface area contributed by atoms with E-state index < -0.39 is 5.82 Å². The smallest absolute Gasteiger partial charge is 0.145 e. The van der Waals surface area contributed by atoms with Gasteiger partial charge in [-0.2, -0.15) is 5.26 Å². The molecule has 1 unspecified atom stereocenters. The van der Waals surface area contributed by atoms with Crippen LogP contribution in [0.1, 0.15) is 43.7 Å². The number of phenols is 1. The van der Waals surface area contributed by atoms with Gasteiger partial charge in [-0.25, -0.2) is 4.39 Å². The molecule has 0 saturated carbocycles. The number of rotatable bonds is 1. The zero-order chi connectivity index (χ0) is 13.1. The molecule has 94 valence electrons. The second kappa shape index (κ2) is 5.22. The van der Waals surface area contributed by atoms with Crippen LogP contribution in [0.5, 0.6) is 5.75 Å². The number of benzene rings is 1. The number of aromatic hydroxyl groups is 1. The predicted molar refractivity (Wildman–Crippen MR) is 68.4 cm³/mol. The van der Waals surface area contributed by atoms with Gasteiger partial charge < -0.3 is 5.11 Å². The average molecular weight is 245 g/mol. The van der Waals surface area contributed by atoms with Crippen molar-refractivity contribution in [2.45, 2.75) is 32.6 Å². The minimum absolute atomic E-state index is 0.273. The molecule has 0 amide bonds. The third kappa shape index (κ3) is 2.53. The number of nitrogens with zero attached hydrogens (tertiary/aromatic N) is 1. The Kier molecular flexibility index (Phi) is 3.66. The van der Waals surface area contributed by atoms with Gasteiger partial charge in [0, 0.05) is 0 Å². The maximum atomic E-state index is 13.6. The molecule has 0 saturated heterocycles. The van der Waals surface area contributed by atoms with E-state index in [1.54, 1.807) is 6.07 Å². The Morgan fingerprint density at radius 3 is 2.83 bits per heavy atom. The quantitative estimate of drug-likeness (QED) is 0.812. The van der Waals surface area contributed by atoms with Gasteiger partial charge in [-0.05, 0) is 54.9 Å². The SMILES string of the molecule is CC1CCC=C(c2cc(O)c(C#N)c(F)c2)CC1. The van der Waals surface area contributed by atoms with E-state index in [1.807, 2.05) is 0 Å². The molecule has 0 fully saturated rings. The van der Waals surface area contributed by atoms with E-state index in [0.717, 1.165) is 31.3 Å². The van der Waals surface area contributed by atoms with Crippen LogP contribution >= 0.6 is 0 Å². The van der Waals surface area contributed by atoms with E-state index in [9.17, 15) is 9.50 Å². The van der Waals surface area contributed by atoms with Crippen LogP contribution in [0.3, 0.4) is 0 Å². The fourth-order valence-corrected chi connectivity index (χ4v) is 2.34. The summed E-state index contributed by atoms with van der Waals surface area (Å²) in [5.41, 5.74) is 1.48. The Balaban J connectivity index is 2.35. The maximum absolute atomic E-state index is 13.6. The number of allylic oxidation sites excluding steroid dienone is 2. The minimum Gasteiger partial charge on any atom is -0.506 e. The van der Waals surface area contributed by atoms with Crippen molar-refractivity contribution in [3.05, 3.63) is 35.2 Å². The largest absolute Gasteiger partial charge is 0.506 e. The molecule has 0 bridgehead atoms. The number of nitriles is 1. The van der Waals surface area contributed by atoms with Crippen LogP contribution in [-0.2, 0) is 0 Å². The zero-order valence-corrected chi connectivity index (χ0v) is 10.4. The molecule has 3 heteroatoms. The van der Waals surface area contributed by atoms with Gasteiger partial charge in [0.05, 0.1) is 0 Å². The first-order valence-corrected chi connectivity index (χ1v) is 6.24. The highest BCUT2D eigenvalue weighted by molar-refractivity contribution is 5.68. The predicted octanol–water partition coefficient (Wildman–Crippen LogP) is 4.00. The highest BCUT2D eigenvalue weighted by atomic mass is 19.1. The molecule has 1 atom stereocenters. The van der Waals surface area contributed by atoms with Gasteiger partial charge >= 0.3 is 0 Å². The molecule has 0 spiro atoms. The Morgan fingerprint density at radius 2 is 2.17 bits per heavy atom. The molecule has 0 aromatic heterocycles. The van der Waals surface area contributed by atoms with Crippen molar-refractivity contribution in [2.24, 2.45) is 5.92 Å². The Morgan fingerprint density at radius 1 is 1.39 bits per heavy atom. The fraction of sp³-hybridized carbons (Fsp3) is 0.400. The second-order valence-electron chi connectivity index (χ2n) is 4.91. The summed E-state index contributed by atoms with van der Waals surface area (Å²) in [6, 6.07) is 4.51. The molecular formula is C15H16FNO. The summed E-state index contributed by atoms with van der Waals surface area (Å²) in [5, 5.41) is 18.4. The maximum Gasteiger partial charge on any atom is 0.145 e. The zero-order valence-electron chi connectivity index (χ0n) is 10.4. The average Bonchev–Trinajstić information content (AvgIpc) is 2.53. The Hall–Kier alpha value is -1.82. The molecule has 18 heavy (non-hydrogen) atoms. The van der Waals surface area contributed by atoms with Crippen molar-refractivity contribution in [3.8, 4) is 11.8 Å². The van der Waals surface area contributed by atoms with Crippen LogP contribution in [-0.4, -0.2) is 5.11 Å². The summed E-state index contributed by atoms with van der Waals surface area (Å²) < 4.78 is 13.6. The number of hydrogen-bond acceptors (Lipinski definition) is 2. The highest BCUT2D eigenvalue weighted by Gasteiger charge is 2.15. The van der Waals surface area contributed by atoms with Crippen molar-refractivity contribution >= 4 is 5.57 Å². The van der Waals surface area contributed by atoms with Gasteiger partial charge in [-0.15, -0.1) is 0 Å². The molecule has 1 aromatic rings. The number of halogens is 1. The van der Waals surface area contributed by atoms with Gasteiger partial charge in [-0.3, -0.25) is 0 Å². The molecular weight excluding hydrogens is 229 g/mol. The van der Waals surface area contributed by atoms with E-state index in [-0.39, 0.29) is 11.3 Å². The van der Waals surface area contributed by atoms with Crippen LogP contribution in [0, 0.1) is 23.1 Å². The summed E-state index contributed by atoms with van der Waals surface area (Å²) in [5.74, 6) is -0.244. The normalized spacial score (nSPS) is 19.8. The first-order valence-electron chi connectivity index (χ1n) is 6.24. The molecule has 2 nitrogen and oxygen atoms in total. The lowest BCUT2D eigenvalue weighted by atomic mass is 9.97. The lowest BCUT2D eigenvalue weighted by molar-refractivity contribution is 0.466. The van der Waals surface area contributed by atoms with E-state index in [1.165, 1.54) is 12.1 Å². The van der Waals surface area contributed by atoms with Crippen molar-refractivity contribution in [3.63, 3.8) is 0 Å². The summed E-state index contributed by atoms with van der Waals surface area (Å²) in [6.45, 7) is 2.22. The number of phenolic OH excluding ortho intramolecular Hbond substituents is 1. The summed E-state index contributed by atoms with van der Waals surface area (Å²) in [7, 11) is 0. The van der Waals surface area contributed by atoms with Crippen LogP contribution in [0.4, 0.5) is 4.39 Å². The van der Waals surface area contributed by atoms with Crippen LogP contribution in [0.2, 0.25) is 0 Å². The molecule has 1 aromatic carbocycles. The molecule has 1 N–H and O–H groups in total. The van der Waals surface area contributed by atoms with Gasteiger partial charge in [-0.1, -0.05) is 13.0 Å². The molecule has 2 rings (SSSR count). The van der Waals surface area contributed by atoms with E-state index >= 15 is 0 Å². The van der Waals surface area contributed by atoms with Crippen LogP contribution in [0.15, 0.2) is 18.2 Å². The van der Waals surface area contributed by atoms with Gasteiger partial charge in [0.25, 0.3) is 0 Å². The van der Waals surface area contributed by atoms with E-state index in [0.29, 0.717) is 11.5 Å². The second-order valence-corrected chi connectivity index (χ2v) is 4.91. The molecule has 1 aliphatic carbocycles. The standard InChI is InChI=1S/C15H16FNO/c1-10-3-2-4-11(6-5-10)12-7-14(16)13(9-17)15(18)8-12/h4,7-8,10,18H,2-3,5-6H2,1H3. The summed E-state index contributed by atoms with van der Waals surface area (Å²) >= 11 is 0. The minimum atomic E-state index is -0.648. The van der Waals surface area contributed by atoms with Gasteiger partial charge in [0.2, 0.25) is 0 Å². The topological polar surface area (TPSA) is 44.0 Å². The van der Waals surface area contributed by atoms with Crippen molar-refractivity contribution in [2.75, 3.05) is 0 Å². The number of hydrogen-bond donors (Lipinski definition) is 1. The van der Waals surface area contributed by atoms with Crippen molar-refractivity contribution < 1.29 is 9.50 Å². The fourth-order valence-electron chi connectivity index (χ4n) is 2.34. The highest BCUT2D eigenvalue weighted by Crippen LogP contribution is 2.32. The molecule has 1 aliphatic rings. The van der Waals surface area contributed by atoms with Crippen molar-refractivity contribution in [1.82, 2.24) is 0 Å². The first kappa shape index (κ1) is 12.6. The molecule has 0 radical (unpaired) electrons. The lowest BCUT2D eigenvalue weighted by Crippen LogP contribution is -1.93. The lowest BCUT2D eigenvalue weighted by Gasteiger charge is -2.09. The first-order chi connectivity index (χ1) is 8.61. The van der Waals surface area contributed by atoms with Gasteiger partial charge in [0.15, 0.2) is 0 Å². The monoisotopic (exact) mass is 245 g/mol. The van der Waals surface area contributed by atoms with E-state index in [4.69, 9.17) is 5.26 Å². The van der Waals surface area contributed by atoms with E-state index in [2.05, 4.69) is 13.0 Å². The summed E-state index contributed by atoms with van der Waals surface area (Å²) in [4.78, 5) is 0. The van der Waals surface area contributed by atoms with Crippen LogP contribution in [0.25, 0.3) is 5.57 Å².